The van der Waals surface area contributed by atoms with Crippen LogP contribution in [0.1, 0.15) is 11.1 Å². The molecule has 28 heavy (non-hydrogen) atoms. The number of anilines is 1. The van der Waals surface area contributed by atoms with E-state index >= 15 is 0 Å². The lowest BCUT2D eigenvalue weighted by molar-refractivity contribution is -0.121. The SMILES string of the molecule is CN1CCN(Cc2ccc(N3C(=O)C(O)=C(c4ccccc4)C3=O)cc2)CC1. The number of benzene rings is 2. The Morgan fingerprint density at radius 1 is 0.857 bits per heavy atom. The lowest BCUT2D eigenvalue weighted by Gasteiger charge is -2.32. The average molecular weight is 377 g/mol. The molecule has 2 aromatic rings. The minimum atomic E-state index is -0.685. The Bertz CT molecular complexity index is 914. The molecule has 1 saturated heterocycles. The first kappa shape index (κ1) is 18.4. The number of hydrogen-bond acceptors (Lipinski definition) is 5. The van der Waals surface area contributed by atoms with Crippen molar-refractivity contribution < 1.29 is 14.7 Å². The van der Waals surface area contributed by atoms with Gasteiger partial charge in [-0.15, -0.1) is 0 Å². The molecule has 0 saturated carbocycles. The van der Waals surface area contributed by atoms with Gasteiger partial charge in [-0.1, -0.05) is 42.5 Å². The first-order valence-electron chi connectivity index (χ1n) is 9.42. The Labute approximate surface area is 164 Å². The summed E-state index contributed by atoms with van der Waals surface area (Å²) in [5.74, 6) is -1.69. The quantitative estimate of drug-likeness (QED) is 0.829. The zero-order chi connectivity index (χ0) is 19.7. The Morgan fingerprint density at radius 2 is 1.50 bits per heavy atom. The van der Waals surface area contributed by atoms with Crippen molar-refractivity contribution in [3.8, 4) is 0 Å². The highest BCUT2D eigenvalue weighted by Gasteiger charge is 2.40. The maximum absolute atomic E-state index is 12.8. The van der Waals surface area contributed by atoms with E-state index in [-0.39, 0.29) is 5.57 Å². The topological polar surface area (TPSA) is 64.1 Å². The van der Waals surface area contributed by atoms with E-state index in [0.29, 0.717) is 11.3 Å². The fraction of sp³-hybridized carbons (Fsp3) is 0.273. The van der Waals surface area contributed by atoms with Crippen LogP contribution in [0.3, 0.4) is 0 Å². The van der Waals surface area contributed by atoms with Gasteiger partial charge in [0.05, 0.1) is 11.3 Å². The van der Waals surface area contributed by atoms with E-state index in [2.05, 4.69) is 16.8 Å². The monoisotopic (exact) mass is 377 g/mol. The molecule has 144 valence electrons. The van der Waals surface area contributed by atoms with Crippen LogP contribution in [0.2, 0.25) is 0 Å². The van der Waals surface area contributed by atoms with E-state index in [4.69, 9.17) is 0 Å². The van der Waals surface area contributed by atoms with Crippen molar-refractivity contribution in [2.75, 3.05) is 38.1 Å². The van der Waals surface area contributed by atoms with Gasteiger partial charge in [-0.05, 0) is 30.3 Å². The maximum Gasteiger partial charge on any atom is 0.301 e. The molecule has 0 atom stereocenters. The summed E-state index contributed by atoms with van der Waals surface area (Å²) in [4.78, 5) is 31.1. The zero-order valence-electron chi connectivity index (χ0n) is 15.8. The summed E-state index contributed by atoms with van der Waals surface area (Å²) in [5.41, 5.74) is 2.18. The number of imide groups is 1. The van der Waals surface area contributed by atoms with E-state index in [9.17, 15) is 14.7 Å². The highest BCUT2D eigenvalue weighted by molar-refractivity contribution is 6.44. The number of likely N-dealkylation sites (N-methyl/N-ethyl adjacent to an activating group) is 1. The number of aliphatic hydroxyl groups excluding tert-OH is 1. The van der Waals surface area contributed by atoms with E-state index in [1.165, 1.54) is 0 Å². The third kappa shape index (κ3) is 3.44. The predicted molar refractivity (Wildman–Crippen MR) is 108 cm³/mol. The summed E-state index contributed by atoms with van der Waals surface area (Å²) >= 11 is 0. The smallest absolute Gasteiger partial charge is 0.301 e. The lowest BCUT2D eigenvalue weighted by atomic mass is 10.1. The summed E-state index contributed by atoms with van der Waals surface area (Å²) < 4.78 is 0. The molecule has 1 fully saturated rings. The summed E-state index contributed by atoms with van der Waals surface area (Å²) in [6.07, 6.45) is 0. The summed E-state index contributed by atoms with van der Waals surface area (Å²) in [5, 5.41) is 10.3. The second kappa shape index (κ2) is 7.58. The van der Waals surface area contributed by atoms with Crippen LogP contribution in [0.4, 0.5) is 5.69 Å². The minimum absolute atomic E-state index is 0.0483. The predicted octanol–water partition coefficient (Wildman–Crippen LogP) is 2.28. The fourth-order valence-electron chi connectivity index (χ4n) is 3.63. The standard InChI is InChI=1S/C22H23N3O3/c1-23-11-13-24(14-12-23)15-16-7-9-18(10-8-16)25-21(27)19(20(26)22(25)28)17-5-3-2-4-6-17/h2-10,26H,11-15H2,1H3. The van der Waals surface area contributed by atoms with Gasteiger partial charge in [-0.3, -0.25) is 14.5 Å². The Kier molecular flexibility index (Phi) is 4.98. The number of rotatable bonds is 4. The molecule has 0 spiro atoms. The first-order valence-corrected chi connectivity index (χ1v) is 9.42. The molecule has 2 aromatic carbocycles. The maximum atomic E-state index is 12.8. The molecular formula is C22H23N3O3. The molecule has 0 radical (unpaired) electrons. The molecule has 0 aliphatic carbocycles. The van der Waals surface area contributed by atoms with Gasteiger partial charge in [-0.2, -0.15) is 0 Å². The number of amides is 2. The molecule has 0 aromatic heterocycles. The Morgan fingerprint density at radius 3 is 2.14 bits per heavy atom. The van der Waals surface area contributed by atoms with Crippen LogP contribution < -0.4 is 4.90 Å². The molecule has 6 heteroatoms. The molecule has 0 bridgehead atoms. The molecule has 2 aliphatic rings. The van der Waals surface area contributed by atoms with E-state index in [1.807, 2.05) is 18.2 Å². The van der Waals surface area contributed by atoms with Crippen LogP contribution in [0.5, 0.6) is 0 Å². The molecule has 2 amide bonds. The van der Waals surface area contributed by atoms with Crippen LogP contribution in [-0.4, -0.2) is 59.9 Å². The van der Waals surface area contributed by atoms with E-state index < -0.39 is 17.6 Å². The molecule has 2 heterocycles. The minimum Gasteiger partial charge on any atom is -0.502 e. The summed E-state index contributed by atoms with van der Waals surface area (Å²) in [6, 6.07) is 16.2. The largest absolute Gasteiger partial charge is 0.502 e. The van der Waals surface area contributed by atoms with Crippen LogP contribution in [0, 0.1) is 0 Å². The highest BCUT2D eigenvalue weighted by atomic mass is 16.3. The van der Waals surface area contributed by atoms with Crippen LogP contribution in [0.15, 0.2) is 60.4 Å². The molecular weight excluding hydrogens is 354 g/mol. The van der Waals surface area contributed by atoms with Crippen molar-refractivity contribution in [1.29, 1.82) is 0 Å². The van der Waals surface area contributed by atoms with Gasteiger partial charge < -0.3 is 10.0 Å². The molecule has 6 nitrogen and oxygen atoms in total. The van der Waals surface area contributed by atoms with Crippen molar-refractivity contribution in [1.82, 2.24) is 9.80 Å². The number of hydrogen-bond donors (Lipinski definition) is 1. The van der Waals surface area contributed by atoms with Crippen LogP contribution in [-0.2, 0) is 16.1 Å². The number of aliphatic hydroxyl groups is 1. The second-order valence-electron chi connectivity index (χ2n) is 7.28. The first-order chi connectivity index (χ1) is 13.5. The molecule has 4 rings (SSSR count). The van der Waals surface area contributed by atoms with Crippen molar-refractivity contribution in [2.45, 2.75) is 6.54 Å². The van der Waals surface area contributed by atoms with Crippen LogP contribution in [0.25, 0.3) is 5.57 Å². The van der Waals surface area contributed by atoms with Gasteiger partial charge in [0.1, 0.15) is 0 Å². The van der Waals surface area contributed by atoms with E-state index in [1.54, 1.807) is 36.4 Å². The fourth-order valence-corrected chi connectivity index (χ4v) is 3.63. The van der Waals surface area contributed by atoms with E-state index in [0.717, 1.165) is 43.2 Å². The molecule has 1 N–H and O–H groups in total. The third-order valence-corrected chi connectivity index (χ3v) is 5.32. The second-order valence-corrected chi connectivity index (χ2v) is 7.28. The van der Waals surface area contributed by atoms with Gasteiger partial charge in [0.25, 0.3) is 5.91 Å². The normalized spacial score (nSPS) is 19.0. The highest BCUT2D eigenvalue weighted by Crippen LogP contribution is 2.31. The lowest BCUT2D eigenvalue weighted by Crippen LogP contribution is -2.43. The van der Waals surface area contributed by atoms with Crippen molar-refractivity contribution >= 4 is 23.1 Å². The van der Waals surface area contributed by atoms with Gasteiger partial charge in [0.2, 0.25) is 0 Å². The van der Waals surface area contributed by atoms with Crippen molar-refractivity contribution in [3.05, 3.63) is 71.5 Å². The Balaban J connectivity index is 1.50. The molecule has 0 unspecified atom stereocenters. The zero-order valence-corrected chi connectivity index (χ0v) is 15.8. The number of piperazine rings is 1. The van der Waals surface area contributed by atoms with Crippen molar-refractivity contribution in [3.63, 3.8) is 0 Å². The number of carbonyl (C=O) groups is 2. The Hall–Kier alpha value is -2.96. The van der Waals surface area contributed by atoms with Gasteiger partial charge in [-0.25, -0.2) is 4.90 Å². The summed E-state index contributed by atoms with van der Waals surface area (Å²) in [6.45, 7) is 5.01. The van der Waals surface area contributed by atoms with Crippen LogP contribution >= 0.6 is 0 Å². The summed E-state index contributed by atoms with van der Waals surface area (Å²) in [7, 11) is 2.13. The van der Waals surface area contributed by atoms with Gasteiger partial charge in [0, 0.05) is 32.7 Å². The van der Waals surface area contributed by atoms with Crippen molar-refractivity contribution in [2.24, 2.45) is 0 Å². The molecule has 2 aliphatic heterocycles. The van der Waals surface area contributed by atoms with Gasteiger partial charge >= 0.3 is 5.91 Å². The third-order valence-electron chi connectivity index (χ3n) is 5.32. The number of nitrogens with zero attached hydrogens (tertiary/aromatic N) is 3. The number of carbonyl (C=O) groups excluding carboxylic acids is 2. The average Bonchev–Trinajstić information content (AvgIpc) is 2.94. The van der Waals surface area contributed by atoms with Gasteiger partial charge in [0.15, 0.2) is 5.76 Å².